The third kappa shape index (κ3) is 1.67. The number of nitrogens with two attached hydrogens (primary N) is 1. The molecule has 0 saturated carbocycles. The van der Waals surface area contributed by atoms with E-state index in [0.717, 1.165) is 6.20 Å². The lowest BCUT2D eigenvalue weighted by Gasteiger charge is -2.07. The molecule has 0 aliphatic carbocycles. The number of aromatic nitrogens is 1. The van der Waals surface area contributed by atoms with Gasteiger partial charge in [0.2, 0.25) is 0 Å². The molecule has 1 aromatic heterocycles. The molecule has 0 aromatic carbocycles. The van der Waals surface area contributed by atoms with Crippen molar-refractivity contribution in [1.29, 1.82) is 5.26 Å². The van der Waals surface area contributed by atoms with Crippen LogP contribution in [0.25, 0.3) is 0 Å². The Morgan fingerprint density at radius 2 is 2.21 bits per heavy atom. The summed E-state index contributed by atoms with van der Waals surface area (Å²) in [6.45, 7) is -0.386. The van der Waals surface area contributed by atoms with Gasteiger partial charge in [-0.15, -0.1) is 0 Å². The summed E-state index contributed by atoms with van der Waals surface area (Å²) in [6.07, 6.45) is -2.07. The maximum atomic E-state index is 13.2. The minimum absolute atomic E-state index is 0.355. The second-order valence-corrected chi connectivity index (χ2v) is 2.47. The SMILES string of the molecule is N#Cc1ncc(C(F)F)c(CN)c1F. The molecule has 0 amide bonds. The number of nitrogens with zero attached hydrogens (tertiary/aromatic N) is 2. The molecule has 0 unspecified atom stereocenters. The fourth-order valence-corrected chi connectivity index (χ4v) is 1.01. The number of alkyl halides is 2. The quantitative estimate of drug-likeness (QED) is 0.788. The molecule has 0 aliphatic rings. The zero-order valence-electron chi connectivity index (χ0n) is 6.97. The van der Waals surface area contributed by atoms with Gasteiger partial charge in [0.1, 0.15) is 6.07 Å². The Balaban J connectivity index is 3.38. The number of hydrogen-bond acceptors (Lipinski definition) is 3. The van der Waals surface area contributed by atoms with Crippen molar-refractivity contribution >= 4 is 0 Å². The van der Waals surface area contributed by atoms with Crippen LogP contribution < -0.4 is 5.73 Å². The molecular weight excluding hydrogens is 195 g/mol. The average molecular weight is 201 g/mol. The van der Waals surface area contributed by atoms with E-state index in [-0.39, 0.29) is 12.1 Å². The van der Waals surface area contributed by atoms with Crippen molar-refractivity contribution in [3.05, 3.63) is 28.8 Å². The van der Waals surface area contributed by atoms with E-state index in [2.05, 4.69) is 4.98 Å². The van der Waals surface area contributed by atoms with E-state index in [9.17, 15) is 13.2 Å². The van der Waals surface area contributed by atoms with Crippen molar-refractivity contribution in [1.82, 2.24) is 4.98 Å². The van der Waals surface area contributed by atoms with Gasteiger partial charge in [0.05, 0.1) is 0 Å². The van der Waals surface area contributed by atoms with Crippen molar-refractivity contribution in [2.45, 2.75) is 13.0 Å². The van der Waals surface area contributed by atoms with Crippen molar-refractivity contribution in [3.8, 4) is 6.07 Å². The summed E-state index contributed by atoms with van der Waals surface area (Å²) < 4.78 is 37.8. The normalized spacial score (nSPS) is 10.3. The van der Waals surface area contributed by atoms with Gasteiger partial charge in [-0.2, -0.15) is 5.26 Å². The van der Waals surface area contributed by atoms with Crippen LogP contribution in [0, 0.1) is 17.1 Å². The largest absolute Gasteiger partial charge is 0.326 e. The average Bonchev–Trinajstić information content (AvgIpc) is 2.17. The van der Waals surface area contributed by atoms with Crippen LogP contribution in [0.15, 0.2) is 6.20 Å². The van der Waals surface area contributed by atoms with Gasteiger partial charge in [-0.25, -0.2) is 18.2 Å². The van der Waals surface area contributed by atoms with E-state index in [4.69, 9.17) is 11.0 Å². The first-order valence-corrected chi connectivity index (χ1v) is 3.67. The second kappa shape index (κ2) is 4.07. The van der Waals surface area contributed by atoms with Gasteiger partial charge in [0.15, 0.2) is 11.5 Å². The Morgan fingerprint density at radius 1 is 1.57 bits per heavy atom. The molecule has 1 rings (SSSR count). The second-order valence-electron chi connectivity index (χ2n) is 2.47. The predicted octanol–water partition coefficient (Wildman–Crippen LogP) is 1.49. The van der Waals surface area contributed by atoms with Crippen molar-refractivity contribution < 1.29 is 13.2 Å². The van der Waals surface area contributed by atoms with Crippen LogP contribution in [0.4, 0.5) is 13.2 Å². The molecule has 6 heteroatoms. The molecule has 0 bridgehead atoms. The van der Waals surface area contributed by atoms with Crippen LogP contribution >= 0.6 is 0 Å². The van der Waals surface area contributed by atoms with E-state index >= 15 is 0 Å². The molecular formula is C8H6F3N3. The zero-order chi connectivity index (χ0) is 10.7. The lowest BCUT2D eigenvalue weighted by atomic mass is 10.1. The highest BCUT2D eigenvalue weighted by molar-refractivity contribution is 5.34. The third-order valence-electron chi connectivity index (χ3n) is 1.70. The van der Waals surface area contributed by atoms with Gasteiger partial charge < -0.3 is 5.73 Å². The van der Waals surface area contributed by atoms with Crippen molar-refractivity contribution in [3.63, 3.8) is 0 Å². The van der Waals surface area contributed by atoms with Gasteiger partial charge in [-0.1, -0.05) is 0 Å². The third-order valence-corrected chi connectivity index (χ3v) is 1.70. The lowest BCUT2D eigenvalue weighted by Crippen LogP contribution is -2.08. The molecule has 0 atom stereocenters. The van der Waals surface area contributed by atoms with Crippen molar-refractivity contribution in [2.75, 3.05) is 0 Å². The van der Waals surface area contributed by atoms with E-state index in [1.54, 1.807) is 0 Å². The topological polar surface area (TPSA) is 62.7 Å². The molecule has 1 heterocycles. The summed E-state index contributed by atoms with van der Waals surface area (Å²) in [5.41, 5.74) is 3.66. The van der Waals surface area contributed by atoms with E-state index in [1.165, 1.54) is 6.07 Å². The molecule has 0 saturated heterocycles. The summed E-state index contributed by atoms with van der Waals surface area (Å²) in [6, 6.07) is 1.45. The van der Waals surface area contributed by atoms with Gasteiger partial charge >= 0.3 is 0 Å². The lowest BCUT2D eigenvalue weighted by molar-refractivity contribution is 0.149. The Hall–Kier alpha value is -1.61. The van der Waals surface area contributed by atoms with Crippen LogP contribution in [0.5, 0.6) is 0 Å². The number of pyridine rings is 1. The smallest absolute Gasteiger partial charge is 0.265 e. The van der Waals surface area contributed by atoms with Gasteiger partial charge in [0, 0.05) is 23.9 Å². The first-order valence-electron chi connectivity index (χ1n) is 3.67. The summed E-state index contributed by atoms with van der Waals surface area (Å²) in [5, 5.41) is 8.39. The molecule has 0 spiro atoms. The van der Waals surface area contributed by atoms with Crippen LogP contribution in [0.2, 0.25) is 0 Å². The minimum Gasteiger partial charge on any atom is -0.326 e. The molecule has 2 N–H and O–H groups in total. The first kappa shape index (κ1) is 10.5. The molecule has 0 radical (unpaired) electrons. The van der Waals surface area contributed by atoms with Gasteiger partial charge in [0.25, 0.3) is 6.43 Å². The Morgan fingerprint density at radius 3 is 2.64 bits per heavy atom. The standard InChI is InChI=1S/C8H6F3N3/c9-7-4(1-12)5(8(10)11)3-14-6(7)2-13/h3,8H,1,12H2. The summed E-state index contributed by atoms with van der Waals surface area (Å²) in [4.78, 5) is 3.25. The van der Waals surface area contributed by atoms with Crippen LogP contribution in [0.1, 0.15) is 23.2 Å². The molecule has 1 aromatic rings. The monoisotopic (exact) mass is 201 g/mol. The molecule has 74 valence electrons. The highest BCUT2D eigenvalue weighted by Gasteiger charge is 2.19. The highest BCUT2D eigenvalue weighted by atomic mass is 19.3. The first-order chi connectivity index (χ1) is 6.61. The Kier molecular flexibility index (Phi) is 3.04. The molecule has 3 nitrogen and oxygen atoms in total. The predicted molar refractivity (Wildman–Crippen MR) is 41.8 cm³/mol. The fourth-order valence-electron chi connectivity index (χ4n) is 1.01. The van der Waals surface area contributed by atoms with Crippen LogP contribution in [-0.2, 0) is 6.54 Å². The molecule has 0 aliphatic heterocycles. The Bertz CT molecular complexity index is 384. The maximum Gasteiger partial charge on any atom is 0.265 e. The number of rotatable bonds is 2. The van der Waals surface area contributed by atoms with Gasteiger partial charge in [-0.05, 0) is 0 Å². The Labute approximate surface area is 78.0 Å². The van der Waals surface area contributed by atoms with E-state index in [1.807, 2.05) is 0 Å². The number of halogens is 3. The van der Waals surface area contributed by atoms with E-state index < -0.39 is 23.5 Å². The fraction of sp³-hybridized carbons (Fsp3) is 0.250. The zero-order valence-corrected chi connectivity index (χ0v) is 6.97. The van der Waals surface area contributed by atoms with Gasteiger partial charge in [-0.3, -0.25) is 0 Å². The van der Waals surface area contributed by atoms with Crippen LogP contribution in [-0.4, -0.2) is 4.98 Å². The van der Waals surface area contributed by atoms with E-state index in [0.29, 0.717) is 0 Å². The minimum atomic E-state index is -2.84. The molecule has 0 fully saturated rings. The molecule has 14 heavy (non-hydrogen) atoms. The summed E-state index contributed by atoms with van der Waals surface area (Å²) >= 11 is 0. The van der Waals surface area contributed by atoms with Crippen LogP contribution in [0.3, 0.4) is 0 Å². The number of hydrogen-bond donors (Lipinski definition) is 1. The highest BCUT2D eigenvalue weighted by Crippen LogP contribution is 2.24. The summed E-state index contributed by atoms with van der Waals surface area (Å²) in [5.74, 6) is -1.06. The van der Waals surface area contributed by atoms with Crippen molar-refractivity contribution in [2.24, 2.45) is 5.73 Å². The number of nitriles is 1. The summed E-state index contributed by atoms with van der Waals surface area (Å²) in [7, 11) is 0. The maximum absolute atomic E-state index is 13.2.